The van der Waals surface area contributed by atoms with Gasteiger partial charge in [0.1, 0.15) is 5.82 Å². The molecule has 4 aromatic rings. The van der Waals surface area contributed by atoms with Gasteiger partial charge in [-0.05, 0) is 85.1 Å². The Bertz CT molecular complexity index is 1290. The van der Waals surface area contributed by atoms with Crippen LogP contribution in [0.15, 0.2) is 79.1 Å². The number of pyridine rings is 1. The third-order valence-corrected chi connectivity index (χ3v) is 7.32. The molecule has 2 heterocycles. The van der Waals surface area contributed by atoms with Gasteiger partial charge in [-0.2, -0.15) is 11.8 Å². The summed E-state index contributed by atoms with van der Waals surface area (Å²) < 4.78 is 16.0. The second-order valence-corrected chi connectivity index (χ2v) is 10.2. The van der Waals surface area contributed by atoms with Crippen molar-refractivity contribution < 1.29 is 4.39 Å². The van der Waals surface area contributed by atoms with Crippen molar-refractivity contribution in [3.05, 3.63) is 96.3 Å². The number of rotatable bonds is 12. The lowest BCUT2D eigenvalue weighted by Gasteiger charge is -2.12. The number of aryl methyl sites for hydroxylation is 1. The quantitative estimate of drug-likeness (QED) is 0.142. The Morgan fingerprint density at radius 1 is 0.865 bits per heavy atom. The van der Waals surface area contributed by atoms with Gasteiger partial charge in [0, 0.05) is 36.5 Å². The van der Waals surface area contributed by atoms with Crippen LogP contribution in [0.1, 0.15) is 50.4 Å². The van der Waals surface area contributed by atoms with Crippen molar-refractivity contribution in [1.82, 2.24) is 14.5 Å². The molecule has 0 aliphatic rings. The Labute approximate surface area is 224 Å². The van der Waals surface area contributed by atoms with Gasteiger partial charge in [0.2, 0.25) is 0 Å². The van der Waals surface area contributed by atoms with Crippen molar-refractivity contribution in [2.45, 2.75) is 52.0 Å². The lowest BCUT2D eigenvalue weighted by molar-refractivity contribution is 0.628. The van der Waals surface area contributed by atoms with E-state index in [1.807, 2.05) is 30.0 Å². The van der Waals surface area contributed by atoms with E-state index in [1.165, 1.54) is 36.3 Å². The molecule has 0 fully saturated rings. The maximum Gasteiger partial charge on any atom is 0.186 e. The minimum absolute atomic E-state index is 0.256. The summed E-state index contributed by atoms with van der Waals surface area (Å²) in [6.45, 7) is 3.02. The first kappa shape index (κ1) is 26.7. The summed E-state index contributed by atoms with van der Waals surface area (Å²) in [5.74, 6) is 9.63. The molecule has 0 radical (unpaired) electrons. The van der Waals surface area contributed by atoms with Crippen molar-refractivity contribution in [3.8, 4) is 34.4 Å². The average Bonchev–Trinajstić information content (AvgIpc) is 3.30. The normalized spacial score (nSPS) is 10.8. The number of imidazole rings is 1. The average molecular weight is 512 g/mol. The second-order valence-electron chi connectivity index (χ2n) is 8.99. The Kier molecular flexibility index (Phi) is 10.4. The van der Waals surface area contributed by atoms with E-state index in [2.05, 4.69) is 52.6 Å². The molecular formula is C32H34FN3S. The minimum Gasteiger partial charge on any atom is -0.317 e. The van der Waals surface area contributed by atoms with Crippen LogP contribution in [0.4, 0.5) is 4.39 Å². The Balaban J connectivity index is 1.64. The molecule has 0 atom stereocenters. The molecule has 5 heteroatoms. The van der Waals surface area contributed by atoms with Gasteiger partial charge in [0.25, 0.3) is 0 Å². The summed E-state index contributed by atoms with van der Waals surface area (Å²) in [5.41, 5.74) is 5.05. The standard InChI is InChI=1S/C32H34FN3S/c1-2-3-24-37-25-9-5-8-14-30-35-31(27-15-17-29(33)18-16-27)32(28-19-21-34-22-20-28)36(30)23-10-13-26-11-6-4-7-12-26/h4,6-7,11-12,15-22H,2-3,5,9-10,13,23-25H2,1H3. The van der Waals surface area contributed by atoms with Crippen LogP contribution >= 0.6 is 11.8 Å². The zero-order valence-corrected chi connectivity index (χ0v) is 22.3. The molecule has 190 valence electrons. The summed E-state index contributed by atoms with van der Waals surface area (Å²) in [6, 6.07) is 21.1. The zero-order valence-electron chi connectivity index (χ0n) is 21.5. The van der Waals surface area contributed by atoms with E-state index in [-0.39, 0.29) is 5.82 Å². The number of halogens is 1. The SMILES string of the molecule is CCCCSCCCC#Cc1nc(-c2ccc(F)cc2)c(-c2ccncc2)n1CCCc1ccccc1. The molecule has 0 N–H and O–H groups in total. The zero-order chi connectivity index (χ0) is 25.7. The predicted octanol–water partition coefficient (Wildman–Crippen LogP) is 8.05. The van der Waals surface area contributed by atoms with Gasteiger partial charge >= 0.3 is 0 Å². The van der Waals surface area contributed by atoms with Gasteiger partial charge in [-0.3, -0.25) is 4.98 Å². The highest BCUT2D eigenvalue weighted by atomic mass is 32.2. The van der Waals surface area contributed by atoms with Crippen LogP contribution in [0.2, 0.25) is 0 Å². The number of nitrogens with zero attached hydrogens (tertiary/aromatic N) is 3. The van der Waals surface area contributed by atoms with Gasteiger partial charge in [0.15, 0.2) is 5.82 Å². The number of aromatic nitrogens is 3. The molecule has 0 aliphatic heterocycles. The van der Waals surface area contributed by atoms with Gasteiger partial charge in [-0.1, -0.05) is 49.6 Å². The lowest BCUT2D eigenvalue weighted by atomic mass is 10.1. The molecule has 4 rings (SSSR count). The molecule has 37 heavy (non-hydrogen) atoms. The molecule has 0 spiro atoms. The first-order valence-electron chi connectivity index (χ1n) is 13.1. The molecule has 2 aromatic carbocycles. The van der Waals surface area contributed by atoms with E-state index in [0.29, 0.717) is 0 Å². The maximum atomic E-state index is 13.7. The van der Waals surface area contributed by atoms with Crippen LogP contribution in [-0.2, 0) is 13.0 Å². The highest BCUT2D eigenvalue weighted by molar-refractivity contribution is 7.99. The fraction of sp³-hybridized carbons (Fsp3) is 0.312. The fourth-order valence-electron chi connectivity index (χ4n) is 4.22. The first-order valence-corrected chi connectivity index (χ1v) is 14.3. The Hall–Kier alpha value is -3.36. The third kappa shape index (κ3) is 7.81. The number of benzene rings is 2. The van der Waals surface area contributed by atoms with Crippen molar-refractivity contribution in [1.29, 1.82) is 0 Å². The molecule has 0 amide bonds. The fourth-order valence-corrected chi connectivity index (χ4v) is 5.26. The molecule has 0 saturated heterocycles. The van der Waals surface area contributed by atoms with Crippen molar-refractivity contribution >= 4 is 11.8 Å². The summed E-state index contributed by atoms with van der Waals surface area (Å²) in [5, 5.41) is 0. The number of hydrogen-bond donors (Lipinski definition) is 0. The summed E-state index contributed by atoms with van der Waals surface area (Å²) in [4.78, 5) is 9.22. The summed E-state index contributed by atoms with van der Waals surface area (Å²) in [7, 11) is 0. The van der Waals surface area contributed by atoms with Crippen molar-refractivity contribution in [2.24, 2.45) is 0 Å². The van der Waals surface area contributed by atoms with Gasteiger partial charge < -0.3 is 4.57 Å². The van der Waals surface area contributed by atoms with Crippen LogP contribution in [0.25, 0.3) is 22.5 Å². The van der Waals surface area contributed by atoms with E-state index in [0.717, 1.165) is 66.3 Å². The molecule has 0 saturated carbocycles. The molecule has 0 bridgehead atoms. The third-order valence-electron chi connectivity index (χ3n) is 6.16. The van der Waals surface area contributed by atoms with Gasteiger partial charge in [-0.25, -0.2) is 9.37 Å². The largest absolute Gasteiger partial charge is 0.317 e. The van der Waals surface area contributed by atoms with Crippen LogP contribution in [0, 0.1) is 17.7 Å². The maximum absolute atomic E-state index is 13.7. The summed E-state index contributed by atoms with van der Waals surface area (Å²) in [6.07, 6.45) is 9.99. The molecular weight excluding hydrogens is 477 g/mol. The lowest BCUT2D eigenvalue weighted by Crippen LogP contribution is -2.05. The summed E-state index contributed by atoms with van der Waals surface area (Å²) >= 11 is 2.01. The number of thioether (sulfide) groups is 1. The molecule has 0 aliphatic carbocycles. The van der Waals surface area contributed by atoms with Crippen LogP contribution in [0.3, 0.4) is 0 Å². The topological polar surface area (TPSA) is 30.7 Å². The Morgan fingerprint density at radius 2 is 1.62 bits per heavy atom. The van der Waals surface area contributed by atoms with Crippen LogP contribution < -0.4 is 0 Å². The van der Waals surface area contributed by atoms with E-state index in [9.17, 15) is 4.39 Å². The molecule has 3 nitrogen and oxygen atoms in total. The van der Waals surface area contributed by atoms with Crippen molar-refractivity contribution in [3.63, 3.8) is 0 Å². The second kappa shape index (κ2) is 14.4. The van der Waals surface area contributed by atoms with Crippen LogP contribution in [-0.4, -0.2) is 26.0 Å². The van der Waals surface area contributed by atoms with Gasteiger partial charge in [-0.15, -0.1) is 0 Å². The van der Waals surface area contributed by atoms with E-state index in [4.69, 9.17) is 4.98 Å². The number of hydrogen-bond acceptors (Lipinski definition) is 3. The van der Waals surface area contributed by atoms with Crippen LogP contribution in [0.5, 0.6) is 0 Å². The van der Waals surface area contributed by atoms with E-state index in [1.54, 1.807) is 24.5 Å². The molecule has 2 aromatic heterocycles. The van der Waals surface area contributed by atoms with E-state index < -0.39 is 0 Å². The predicted molar refractivity (Wildman–Crippen MR) is 154 cm³/mol. The van der Waals surface area contributed by atoms with Gasteiger partial charge in [0.05, 0.1) is 11.4 Å². The Morgan fingerprint density at radius 3 is 2.38 bits per heavy atom. The highest BCUT2D eigenvalue weighted by Gasteiger charge is 2.19. The first-order chi connectivity index (χ1) is 18.3. The number of unbranched alkanes of at least 4 members (excludes halogenated alkanes) is 2. The highest BCUT2D eigenvalue weighted by Crippen LogP contribution is 2.33. The molecule has 0 unspecified atom stereocenters. The van der Waals surface area contributed by atoms with Crippen molar-refractivity contribution in [2.75, 3.05) is 11.5 Å². The monoisotopic (exact) mass is 511 g/mol. The van der Waals surface area contributed by atoms with E-state index >= 15 is 0 Å². The minimum atomic E-state index is -0.256. The smallest absolute Gasteiger partial charge is 0.186 e.